The van der Waals surface area contributed by atoms with Crippen LogP contribution in [0, 0.1) is 11.3 Å². The minimum Gasteiger partial charge on any atom is -0.381 e. The normalized spacial score (nSPS) is 15.9. The van der Waals surface area contributed by atoms with E-state index in [1.165, 1.54) is 0 Å². The third kappa shape index (κ3) is 11.9. The van der Waals surface area contributed by atoms with E-state index in [4.69, 9.17) is 9.47 Å². The van der Waals surface area contributed by atoms with Gasteiger partial charge in [-0.25, -0.2) is 0 Å². The summed E-state index contributed by atoms with van der Waals surface area (Å²) in [6.07, 6.45) is 3.16. The smallest absolute Gasteiger partial charge is 0.225 e. The van der Waals surface area contributed by atoms with Gasteiger partial charge >= 0.3 is 0 Å². The highest BCUT2D eigenvalue weighted by molar-refractivity contribution is 14.0. The predicted octanol–water partition coefficient (Wildman–Crippen LogP) is 1.76. The summed E-state index contributed by atoms with van der Waals surface area (Å²) in [7, 11) is 1.74. The second-order valence-corrected chi connectivity index (χ2v) is 7.42. The van der Waals surface area contributed by atoms with Crippen LogP contribution in [-0.2, 0) is 14.3 Å². The predicted molar refractivity (Wildman–Crippen MR) is 116 cm³/mol. The molecular formula is C18H37IN4O3. The summed E-state index contributed by atoms with van der Waals surface area (Å²) in [6.45, 7) is 11.1. The number of nitrogens with one attached hydrogen (secondary N) is 3. The highest BCUT2D eigenvalue weighted by Gasteiger charge is 2.20. The van der Waals surface area contributed by atoms with Crippen LogP contribution in [0.3, 0.4) is 0 Å². The highest BCUT2D eigenvalue weighted by atomic mass is 127. The first-order valence-electron chi connectivity index (χ1n) is 9.32. The minimum atomic E-state index is -0.357. The average Bonchev–Trinajstić information content (AvgIpc) is 2.59. The fourth-order valence-corrected chi connectivity index (χ4v) is 2.39. The van der Waals surface area contributed by atoms with Crippen LogP contribution in [0.25, 0.3) is 0 Å². The van der Waals surface area contributed by atoms with Crippen LogP contribution in [-0.4, -0.2) is 65.0 Å². The van der Waals surface area contributed by atoms with E-state index < -0.39 is 0 Å². The Morgan fingerprint density at radius 3 is 2.35 bits per heavy atom. The van der Waals surface area contributed by atoms with Crippen molar-refractivity contribution in [2.24, 2.45) is 16.3 Å². The van der Waals surface area contributed by atoms with Gasteiger partial charge in [-0.1, -0.05) is 20.8 Å². The van der Waals surface area contributed by atoms with Crippen molar-refractivity contribution in [3.8, 4) is 0 Å². The molecule has 0 atom stereocenters. The lowest BCUT2D eigenvalue weighted by atomic mass is 9.96. The summed E-state index contributed by atoms with van der Waals surface area (Å²) in [5, 5.41) is 9.34. The number of carbonyl (C=O) groups excluding carboxylic acids is 1. The Hall–Kier alpha value is -0.610. The monoisotopic (exact) mass is 484 g/mol. The Bertz CT molecular complexity index is 408. The fraction of sp³-hybridized carbons (Fsp3) is 0.889. The van der Waals surface area contributed by atoms with Crippen LogP contribution in [0.2, 0.25) is 0 Å². The van der Waals surface area contributed by atoms with Gasteiger partial charge in [0, 0.05) is 58.5 Å². The molecule has 0 aromatic rings. The van der Waals surface area contributed by atoms with Crippen LogP contribution in [0.4, 0.5) is 0 Å². The summed E-state index contributed by atoms with van der Waals surface area (Å²) in [5.41, 5.74) is -0.357. The van der Waals surface area contributed by atoms with E-state index in [9.17, 15) is 4.79 Å². The third-order valence-corrected chi connectivity index (χ3v) is 4.06. The van der Waals surface area contributed by atoms with E-state index in [1.54, 1.807) is 7.05 Å². The lowest BCUT2D eigenvalue weighted by molar-refractivity contribution is -0.128. The second kappa shape index (κ2) is 14.4. The van der Waals surface area contributed by atoms with E-state index in [-0.39, 0.29) is 35.3 Å². The molecule has 1 fully saturated rings. The lowest BCUT2D eigenvalue weighted by Crippen LogP contribution is -2.43. The van der Waals surface area contributed by atoms with E-state index in [2.05, 4.69) is 20.9 Å². The van der Waals surface area contributed by atoms with Gasteiger partial charge in [0.05, 0.1) is 0 Å². The number of carbonyl (C=O) groups is 1. The SMILES string of the molecule is CN=C(NCCCOCC1CCOCC1)NCCNC(=O)C(C)(C)C.I. The van der Waals surface area contributed by atoms with E-state index in [0.29, 0.717) is 19.0 Å². The van der Waals surface area contributed by atoms with Gasteiger partial charge in [-0.05, 0) is 25.2 Å². The van der Waals surface area contributed by atoms with Gasteiger partial charge in [0.25, 0.3) is 0 Å². The first kappa shape index (κ1) is 25.4. The number of halogens is 1. The molecule has 1 saturated heterocycles. The summed E-state index contributed by atoms with van der Waals surface area (Å²) in [4.78, 5) is 15.9. The van der Waals surface area contributed by atoms with Gasteiger partial charge in [0.1, 0.15) is 0 Å². The molecule has 1 aliphatic rings. The number of guanidine groups is 1. The maximum atomic E-state index is 11.8. The maximum Gasteiger partial charge on any atom is 0.225 e. The zero-order chi connectivity index (χ0) is 18.5. The second-order valence-electron chi connectivity index (χ2n) is 7.42. The molecule has 0 bridgehead atoms. The summed E-state index contributed by atoms with van der Waals surface area (Å²) in [5.74, 6) is 1.45. The molecule has 7 nitrogen and oxygen atoms in total. The molecule has 0 saturated carbocycles. The molecule has 0 aliphatic carbocycles. The van der Waals surface area contributed by atoms with Gasteiger partial charge in [0.15, 0.2) is 5.96 Å². The van der Waals surface area contributed by atoms with Gasteiger partial charge in [0.2, 0.25) is 5.91 Å². The molecule has 0 spiro atoms. The number of hydrogen-bond donors (Lipinski definition) is 3. The molecule has 3 N–H and O–H groups in total. The number of rotatable bonds is 9. The standard InChI is InChI=1S/C18H36N4O3.HI/c1-18(2,3)16(23)20-9-10-22-17(19-4)21-8-5-11-25-14-15-6-12-24-13-7-15;/h15H,5-14H2,1-4H3,(H,20,23)(H2,19,21,22);1H. The van der Waals surface area contributed by atoms with E-state index in [1.807, 2.05) is 20.8 Å². The molecule has 0 aromatic carbocycles. The van der Waals surface area contributed by atoms with Gasteiger partial charge in [-0.3, -0.25) is 9.79 Å². The van der Waals surface area contributed by atoms with Crippen LogP contribution >= 0.6 is 24.0 Å². The van der Waals surface area contributed by atoms with Crippen LogP contribution in [0.5, 0.6) is 0 Å². The van der Waals surface area contributed by atoms with Gasteiger partial charge in [-0.15, -0.1) is 24.0 Å². The topological polar surface area (TPSA) is 84.0 Å². The quantitative estimate of drug-likeness (QED) is 0.201. The molecule has 0 unspecified atom stereocenters. The summed E-state index contributed by atoms with van der Waals surface area (Å²) < 4.78 is 11.1. The average molecular weight is 484 g/mol. The number of amides is 1. The Kier molecular flexibility index (Phi) is 14.1. The minimum absolute atomic E-state index is 0. The summed E-state index contributed by atoms with van der Waals surface area (Å²) >= 11 is 0. The molecule has 1 aliphatic heterocycles. The largest absolute Gasteiger partial charge is 0.381 e. The third-order valence-electron chi connectivity index (χ3n) is 4.06. The fourth-order valence-electron chi connectivity index (χ4n) is 2.39. The molecule has 154 valence electrons. The van der Waals surface area contributed by atoms with Crippen LogP contribution < -0.4 is 16.0 Å². The lowest BCUT2D eigenvalue weighted by Gasteiger charge is -2.21. The van der Waals surface area contributed by atoms with Crippen molar-refractivity contribution < 1.29 is 14.3 Å². The van der Waals surface area contributed by atoms with Crippen LogP contribution in [0.1, 0.15) is 40.0 Å². The first-order chi connectivity index (χ1) is 11.9. The van der Waals surface area contributed by atoms with Crippen molar-refractivity contribution in [1.29, 1.82) is 0 Å². The number of aliphatic imine (C=N–C) groups is 1. The first-order valence-corrected chi connectivity index (χ1v) is 9.32. The van der Waals surface area contributed by atoms with Crippen molar-refractivity contribution >= 4 is 35.8 Å². The molecule has 26 heavy (non-hydrogen) atoms. The molecule has 0 radical (unpaired) electrons. The molecular weight excluding hydrogens is 447 g/mol. The summed E-state index contributed by atoms with van der Waals surface area (Å²) in [6, 6.07) is 0. The zero-order valence-corrected chi connectivity index (χ0v) is 19.1. The molecule has 1 amide bonds. The number of nitrogens with zero attached hydrogens (tertiary/aromatic N) is 1. The highest BCUT2D eigenvalue weighted by Crippen LogP contribution is 2.14. The molecule has 1 heterocycles. The van der Waals surface area contributed by atoms with Crippen LogP contribution in [0.15, 0.2) is 4.99 Å². The molecule has 8 heteroatoms. The Morgan fingerprint density at radius 1 is 1.12 bits per heavy atom. The van der Waals surface area contributed by atoms with Crippen molar-refractivity contribution in [3.63, 3.8) is 0 Å². The Labute approximate surface area is 175 Å². The van der Waals surface area contributed by atoms with Crippen molar-refractivity contribution in [3.05, 3.63) is 0 Å². The van der Waals surface area contributed by atoms with Crippen molar-refractivity contribution in [2.45, 2.75) is 40.0 Å². The molecule has 0 aromatic heterocycles. The number of ether oxygens (including phenoxy) is 2. The van der Waals surface area contributed by atoms with E-state index in [0.717, 1.165) is 58.2 Å². The molecule has 1 rings (SSSR count). The Balaban J connectivity index is 0.00000625. The van der Waals surface area contributed by atoms with Crippen molar-refractivity contribution in [1.82, 2.24) is 16.0 Å². The zero-order valence-electron chi connectivity index (χ0n) is 16.7. The Morgan fingerprint density at radius 2 is 1.73 bits per heavy atom. The number of hydrogen-bond acceptors (Lipinski definition) is 4. The van der Waals surface area contributed by atoms with E-state index >= 15 is 0 Å². The van der Waals surface area contributed by atoms with Crippen molar-refractivity contribution in [2.75, 3.05) is 53.1 Å². The van der Waals surface area contributed by atoms with Gasteiger partial charge in [-0.2, -0.15) is 0 Å². The van der Waals surface area contributed by atoms with Gasteiger partial charge < -0.3 is 25.4 Å². The maximum absolute atomic E-state index is 11.8.